The second-order valence-corrected chi connectivity index (χ2v) is 5.79. The first kappa shape index (κ1) is 17.6. The maximum atomic E-state index is 9.78. The number of hydrogen-bond donors (Lipinski definition) is 0. The smallest absolute Gasteiger partial charge is 0.264 e. The topological polar surface area (TPSA) is 46.6 Å². The van der Waals surface area contributed by atoms with Crippen LogP contribution >= 0.6 is 0 Å². The van der Waals surface area contributed by atoms with Crippen LogP contribution in [0, 0.1) is 12.3 Å². The minimum atomic E-state index is -3.16. The van der Waals surface area contributed by atoms with Crippen molar-refractivity contribution in [2.45, 2.75) is 6.42 Å². The van der Waals surface area contributed by atoms with E-state index in [0.717, 1.165) is 32.9 Å². The van der Waals surface area contributed by atoms with Crippen LogP contribution in [0.1, 0.15) is 5.56 Å². The third-order valence-electron chi connectivity index (χ3n) is 2.29. The summed E-state index contributed by atoms with van der Waals surface area (Å²) in [4.78, 5) is 2.15. The van der Waals surface area contributed by atoms with Gasteiger partial charge in [0.15, 0.2) is 0 Å². The molecule has 0 atom stereocenters. The molecule has 1 rings (SSSR count). The van der Waals surface area contributed by atoms with Crippen LogP contribution in [0.25, 0.3) is 0 Å². The van der Waals surface area contributed by atoms with Gasteiger partial charge >= 0.3 is 0 Å². The van der Waals surface area contributed by atoms with Crippen LogP contribution in [0.5, 0.6) is 0 Å². The molecule has 0 aliphatic carbocycles. The van der Waals surface area contributed by atoms with Gasteiger partial charge in [0.25, 0.3) is 10.1 Å². The molecule has 0 saturated carbocycles. The Morgan fingerprint density at radius 3 is 2.26 bits per heavy atom. The lowest BCUT2D eigenvalue weighted by Gasteiger charge is -2.12. The molecule has 1 aromatic rings. The highest BCUT2D eigenvalue weighted by atomic mass is 32.2. The van der Waals surface area contributed by atoms with Crippen molar-refractivity contribution in [3.8, 4) is 12.3 Å². The fraction of sp³-hybridized carbons (Fsp3) is 0.429. The molecular formula is C14H21NO3S. The Balaban J connectivity index is 0.000000459. The largest absolute Gasteiger partial charge is 0.295 e. The van der Waals surface area contributed by atoms with Gasteiger partial charge in [-0.1, -0.05) is 36.3 Å². The van der Waals surface area contributed by atoms with E-state index in [9.17, 15) is 8.42 Å². The molecule has 0 bridgehead atoms. The molecule has 0 aliphatic heterocycles. The first-order valence-electron chi connectivity index (χ1n) is 5.80. The standard InChI is InChI=1S/C12H15N.C2H6O3S/c1-3-10-13(2)11-9-12-7-5-4-6-8-12;1-5-6(2,3)4/h1,4-8H,9-11H2,2H3;1-2H3. The summed E-state index contributed by atoms with van der Waals surface area (Å²) in [5, 5.41) is 0. The lowest BCUT2D eigenvalue weighted by molar-refractivity contribution is 0.381. The van der Waals surface area contributed by atoms with E-state index in [1.165, 1.54) is 5.56 Å². The van der Waals surface area contributed by atoms with Gasteiger partial charge in [-0.2, -0.15) is 8.42 Å². The fourth-order valence-electron chi connectivity index (χ4n) is 1.20. The van der Waals surface area contributed by atoms with Gasteiger partial charge in [0.05, 0.1) is 19.9 Å². The van der Waals surface area contributed by atoms with Crippen LogP contribution < -0.4 is 0 Å². The molecule has 0 saturated heterocycles. The van der Waals surface area contributed by atoms with Crippen molar-refractivity contribution in [3.63, 3.8) is 0 Å². The normalized spacial score (nSPS) is 10.5. The van der Waals surface area contributed by atoms with E-state index < -0.39 is 10.1 Å². The van der Waals surface area contributed by atoms with Crippen molar-refractivity contribution in [1.29, 1.82) is 0 Å². The summed E-state index contributed by atoms with van der Waals surface area (Å²) in [5.41, 5.74) is 1.37. The summed E-state index contributed by atoms with van der Waals surface area (Å²) in [5.74, 6) is 2.63. The van der Waals surface area contributed by atoms with E-state index in [1.54, 1.807) is 0 Å². The van der Waals surface area contributed by atoms with Crippen molar-refractivity contribution < 1.29 is 12.6 Å². The predicted octanol–water partition coefficient (Wildman–Crippen LogP) is 1.39. The van der Waals surface area contributed by atoms with E-state index in [-0.39, 0.29) is 0 Å². The Bertz CT molecular complexity index is 477. The summed E-state index contributed by atoms with van der Waals surface area (Å²) in [6.07, 6.45) is 7.27. The van der Waals surface area contributed by atoms with Crippen LogP contribution in [0.4, 0.5) is 0 Å². The van der Waals surface area contributed by atoms with Gasteiger partial charge in [-0.15, -0.1) is 6.42 Å². The second kappa shape index (κ2) is 9.56. The monoisotopic (exact) mass is 283 g/mol. The average molecular weight is 283 g/mol. The minimum absolute atomic E-state index is 0.729. The van der Waals surface area contributed by atoms with Crippen LogP contribution in [-0.4, -0.2) is 46.8 Å². The summed E-state index contributed by atoms with van der Waals surface area (Å²) in [7, 11) is 0.00278. The van der Waals surface area contributed by atoms with Crippen LogP contribution in [-0.2, 0) is 20.7 Å². The summed E-state index contributed by atoms with van der Waals surface area (Å²) in [6, 6.07) is 10.5. The Kier molecular flexibility index (Phi) is 8.88. The number of rotatable bonds is 5. The van der Waals surface area contributed by atoms with Crippen molar-refractivity contribution in [2.24, 2.45) is 0 Å². The minimum Gasteiger partial charge on any atom is -0.295 e. The highest BCUT2D eigenvalue weighted by Gasteiger charge is 1.96. The second-order valence-electron chi connectivity index (χ2n) is 4.05. The molecule has 0 unspecified atom stereocenters. The van der Waals surface area contributed by atoms with Crippen molar-refractivity contribution in [3.05, 3.63) is 35.9 Å². The predicted molar refractivity (Wildman–Crippen MR) is 78.3 cm³/mol. The van der Waals surface area contributed by atoms with Crippen LogP contribution in [0.15, 0.2) is 30.3 Å². The highest BCUT2D eigenvalue weighted by molar-refractivity contribution is 7.85. The molecule has 1 aromatic carbocycles. The van der Waals surface area contributed by atoms with Gasteiger partial charge in [0, 0.05) is 6.54 Å². The Morgan fingerprint density at radius 2 is 1.84 bits per heavy atom. The Hall–Kier alpha value is -1.35. The zero-order valence-electron chi connectivity index (χ0n) is 11.7. The average Bonchev–Trinajstić information content (AvgIpc) is 2.38. The van der Waals surface area contributed by atoms with Gasteiger partial charge in [0.1, 0.15) is 0 Å². The summed E-state index contributed by atoms with van der Waals surface area (Å²) < 4.78 is 23.5. The molecule has 4 nitrogen and oxygen atoms in total. The molecule has 0 fully saturated rings. The van der Waals surface area contributed by atoms with Crippen LogP contribution in [0.2, 0.25) is 0 Å². The zero-order valence-corrected chi connectivity index (χ0v) is 12.5. The first-order valence-corrected chi connectivity index (χ1v) is 7.62. The number of benzene rings is 1. The molecular weight excluding hydrogens is 262 g/mol. The van der Waals surface area contributed by atoms with Gasteiger partial charge in [0.2, 0.25) is 0 Å². The quantitative estimate of drug-likeness (QED) is 0.605. The third kappa shape index (κ3) is 11.5. The SMILES string of the molecule is C#CCN(C)CCc1ccccc1.COS(C)(=O)=O. The lowest BCUT2D eigenvalue weighted by Crippen LogP contribution is -2.21. The fourth-order valence-corrected chi connectivity index (χ4v) is 1.20. The van der Waals surface area contributed by atoms with Gasteiger partial charge in [-0.3, -0.25) is 9.08 Å². The van der Waals surface area contributed by atoms with E-state index in [0.29, 0.717) is 0 Å². The number of likely N-dealkylation sites (N-methyl/N-ethyl adjacent to an activating group) is 1. The van der Waals surface area contributed by atoms with Crippen LogP contribution in [0.3, 0.4) is 0 Å². The van der Waals surface area contributed by atoms with Gasteiger partial charge < -0.3 is 0 Å². The Morgan fingerprint density at radius 1 is 1.32 bits per heavy atom. The molecule has 5 heteroatoms. The molecule has 0 aliphatic rings. The molecule has 0 heterocycles. The highest BCUT2D eigenvalue weighted by Crippen LogP contribution is 1.99. The first-order chi connectivity index (χ1) is 8.89. The molecule has 0 N–H and O–H groups in total. The molecule has 106 valence electrons. The van der Waals surface area contributed by atoms with Gasteiger partial charge in [-0.25, -0.2) is 0 Å². The van der Waals surface area contributed by atoms with Crippen molar-refractivity contribution in [1.82, 2.24) is 4.90 Å². The number of terminal acetylenes is 1. The number of nitrogens with zero attached hydrogens (tertiary/aromatic N) is 1. The maximum absolute atomic E-state index is 9.78. The van der Waals surface area contributed by atoms with E-state index in [1.807, 2.05) is 13.1 Å². The molecule has 0 aromatic heterocycles. The van der Waals surface area contributed by atoms with E-state index >= 15 is 0 Å². The molecule has 0 spiro atoms. The molecule has 19 heavy (non-hydrogen) atoms. The lowest BCUT2D eigenvalue weighted by atomic mass is 10.1. The van der Waals surface area contributed by atoms with E-state index in [2.05, 4.69) is 39.3 Å². The Labute approximate surface area is 116 Å². The number of hydrogen-bond acceptors (Lipinski definition) is 4. The molecule has 0 radical (unpaired) electrons. The van der Waals surface area contributed by atoms with Crippen molar-refractivity contribution >= 4 is 10.1 Å². The maximum Gasteiger partial charge on any atom is 0.264 e. The van der Waals surface area contributed by atoms with Crippen molar-refractivity contribution in [2.75, 3.05) is 33.5 Å². The third-order valence-corrected chi connectivity index (χ3v) is 2.89. The molecule has 0 amide bonds. The summed E-state index contributed by atoms with van der Waals surface area (Å²) >= 11 is 0. The van der Waals surface area contributed by atoms with E-state index in [4.69, 9.17) is 6.42 Å². The zero-order chi connectivity index (χ0) is 14.7. The summed E-state index contributed by atoms with van der Waals surface area (Å²) in [6.45, 7) is 1.75. The van der Waals surface area contributed by atoms with Gasteiger partial charge in [-0.05, 0) is 19.0 Å².